The van der Waals surface area contributed by atoms with Crippen LogP contribution in [-0.2, 0) is 9.53 Å². The van der Waals surface area contributed by atoms with Gasteiger partial charge in [-0.05, 0) is 54.7 Å². The summed E-state index contributed by atoms with van der Waals surface area (Å²) in [7, 11) is 0. The molecule has 0 rings (SSSR count). The van der Waals surface area contributed by atoms with Crippen molar-refractivity contribution in [3.05, 3.63) is 0 Å². The molecule has 0 aromatic carbocycles. The van der Waals surface area contributed by atoms with Crippen molar-refractivity contribution in [1.29, 1.82) is 0 Å². The van der Waals surface area contributed by atoms with Crippen LogP contribution in [0.3, 0.4) is 0 Å². The molecule has 2 nitrogen and oxygen atoms in total. The molecule has 0 aliphatic heterocycles. The quantitative estimate of drug-likeness (QED) is 0.545. The van der Waals surface area contributed by atoms with E-state index in [1.165, 1.54) is 0 Å². The van der Waals surface area contributed by atoms with Crippen LogP contribution in [0.2, 0.25) is 0 Å². The molecule has 0 saturated heterocycles. The van der Waals surface area contributed by atoms with E-state index in [1.54, 1.807) is 0 Å². The topological polar surface area (TPSA) is 26.3 Å². The lowest BCUT2D eigenvalue weighted by Gasteiger charge is -2.27. The molecule has 0 amide bonds. The minimum absolute atomic E-state index is 0.175. The van der Waals surface area contributed by atoms with E-state index >= 15 is 0 Å². The highest BCUT2D eigenvalue weighted by Gasteiger charge is 2.20. The first-order chi connectivity index (χ1) is 6.62. The van der Waals surface area contributed by atoms with Crippen LogP contribution in [0.25, 0.3) is 0 Å². The standard InChI is InChI=1S/C12H23IO2/c1-11(2,3)8-9-15-12(4,5)7-6-10(13)14/h6-9H2,1-5H3. The maximum Gasteiger partial charge on any atom is 0.192 e. The SMILES string of the molecule is CC(C)(C)CCOC(C)(C)CCC(=O)I. The van der Waals surface area contributed by atoms with Crippen LogP contribution < -0.4 is 0 Å². The largest absolute Gasteiger partial charge is 0.376 e. The Bertz CT molecular complexity index is 204. The Balaban J connectivity index is 3.78. The van der Waals surface area contributed by atoms with E-state index in [4.69, 9.17) is 4.74 Å². The van der Waals surface area contributed by atoms with E-state index in [9.17, 15) is 4.79 Å². The van der Waals surface area contributed by atoms with Gasteiger partial charge < -0.3 is 4.74 Å². The number of ether oxygens (including phenoxy) is 1. The van der Waals surface area contributed by atoms with Crippen molar-refractivity contribution in [2.75, 3.05) is 6.61 Å². The second-order valence-electron chi connectivity index (χ2n) is 5.77. The molecule has 0 atom stereocenters. The van der Waals surface area contributed by atoms with Gasteiger partial charge in [-0.1, -0.05) is 20.8 Å². The number of hydrogen-bond acceptors (Lipinski definition) is 2. The van der Waals surface area contributed by atoms with Gasteiger partial charge in [0.2, 0.25) is 0 Å². The zero-order valence-electron chi connectivity index (χ0n) is 10.5. The first-order valence-electron chi connectivity index (χ1n) is 5.45. The van der Waals surface area contributed by atoms with Gasteiger partial charge in [0.15, 0.2) is 3.79 Å². The van der Waals surface area contributed by atoms with Crippen LogP contribution in [0.15, 0.2) is 0 Å². The van der Waals surface area contributed by atoms with Crippen LogP contribution >= 0.6 is 22.6 Å². The fourth-order valence-electron chi connectivity index (χ4n) is 1.10. The summed E-state index contributed by atoms with van der Waals surface area (Å²) in [4.78, 5) is 10.9. The van der Waals surface area contributed by atoms with Crippen LogP contribution in [0.1, 0.15) is 53.9 Å². The molecule has 0 unspecified atom stereocenters. The molecule has 0 N–H and O–H groups in total. The van der Waals surface area contributed by atoms with Crippen molar-refractivity contribution in [1.82, 2.24) is 0 Å². The monoisotopic (exact) mass is 326 g/mol. The Morgan fingerprint density at radius 1 is 1.13 bits per heavy atom. The lowest BCUT2D eigenvalue weighted by atomic mass is 9.93. The van der Waals surface area contributed by atoms with Crippen molar-refractivity contribution in [2.24, 2.45) is 5.41 Å². The summed E-state index contributed by atoms with van der Waals surface area (Å²) in [5.74, 6) is 0. The first kappa shape index (κ1) is 15.4. The van der Waals surface area contributed by atoms with E-state index in [-0.39, 0.29) is 9.39 Å². The van der Waals surface area contributed by atoms with Gasteiger partial charge in [-0.3, -0.25) is 4.79 Å². The molecule has 90 valence electrons. The average molecular weight is 326 g/mol. The van der Waals surface area contributed by atoms with Gasteiger partial charge in [-0.2, -0.15) is 0 Å². The van der Waals surface area contributed by atoms with Gasteiger partial charge in [0.1, 0.15) is 0 Å². The van der Waals surface area contributed by atoms with Gasteiger partial charge in [0.25, 0.3) is 0 Å². The normalized spacial score (nSPS) is 12.9. The van der Waals surface area contributed by atoms with Gasteiger partial charge >= 0.3 is 0 Å². The van der Waals surface area contributed by atoms with Crippen molar-refractivity contribution in [3.63, 3.8) is 0 Å². The predicted molar refractivity (Wildman–Crippen MR) is 72.4 cm³/mol. The zero-order valence-corrected chi connectivity index (χ0v) is 12.7. The maximum absolute atomic E-state index is 10.9. The number of carbonyl (C=O) groups excluding carboxylic acids is 1. The molecule has 3 heteroatoms. The molecule has 0 spiro atoms. The molecule has 15 heavy (non-hydrogen) atoms. The molecule has 0 aromatic rings. The molecular weight excluding hydrogens is 303 g/mol. The third-order valence-corrected chi connectivity index (χ3v) is 2.81. The van der Waals surface area contributed by atoms with Crippen molar-refractivity contribution < 1.29 is 9.53 Å². The molecule has 0 fully saturated rings. The Morgan fingerprint density at radius 2 is 1.67 bits per heavy atom. The van der Waals surface area contributed by atoms with Gasteiger partial charge in [-0.25, -0.2) is 0 Å². The summed E-state index contributed by atoms with van der Waals surface area (Å²) in [5.41, 5.74) is 0.140. The fraction of sp³-hybridized carbons (Fsp3) is 0.917. The first-order valence-corrected chi connectivity index (χ1v) is 6.53. The van der Waals surface area contributed by atoms with Crippen molar-refractivity contribution >= 4 is 26.4 Å². The van der Waals surface area contributed by atoms with Crippen LogP contribution in [0, 0.1) is 5.41 Å². The molecule has 0 radical (unpaired) electrons. The lowest BCUT2D eigenvalue weighted by Crippen LogP contribution is -2.26. The van der Waals surface area contributed by atoms with Crippen LogP contribution in [0.5, 0.6) is 0 Å². The summed E-state index contributed by atoms with van der Waals surface area (Å²) in [6, 6.07) is 0. The summed E-state index contributed by atoms with van der Waals surface area (Å²) in [6.45, 7) is 11.5. The minimum atomic E-state index is -0.175. The number of rotatable bonds is 6. The second kappa shape index (κ2) is 6.18. The molecule has 0 heterocycles. The average Bonchev–Trinajstić information content (AvgIpc) is 1.98. The van der Waals surface area contributed by atoms with Crippen LogP contribution in [0.4, 0.5) is 0 Å². The van der Waals surface area contributed by atoms with E-state index < -0.39 is 0 Å². The summed E-state index contributed by atoms with van der Waals surface area (Å²) < 4.78 is 6.01. The summed E-state index contributed by atoms with van der Waals surface area (Å²) >= 11 is 1.84. The zero-order chi connectivity index (χ0) is 12.1. The van der Waals surface area contributed by atoms with Crippen molar-refractivity contribution in [2.45, 2.75) is 59.5 Å². The van der Waals surface area contributed by atoms with E-state index in [0.717, 1.165) is 19.4 Å². The molecule has 0 aromatic heterocycles. The Morgan fingerprint density at radius 3 is 2.07 bits per heavy atom. The maximum atomic E-state index is 10.9. The third kappa shape index (κ3) is 10.6. The minimum Gasteiger partial charge on any atom is -0.376 e. The molecule has 0 bridgehead atoms. The number of halogens is 1. The highest BCUT2D eigenvalue weighted by Crippen LogP contribution is 2.22. The highest BCUT2D eigenvalue weighted by molar-refractivity contribution is 14.1. The van der Waals surface area contributed by atoms with Crippen LogP contribution in [-0.4, -0.2) is 16.0 Å². The lowest BCUT2D eigenvalue weighted by molar-refractivity contribution is -0.111. The van der Waals surface area contributed by atoms with E-state index in [2.05, 4.69) is 34.6 Å². The van der Waals surface area contributed by atoms with Gasteiger partial charge in [-0.15, -0.1) is 0 Å². The number of hydrogen-bond donors (Lipinski definition) is 0. The van der Waals surface area contributed by atoms with Crippen molar-refractivity contribution in [3.8, 4) is 0 Å². The molecule has 0 aliphatic rings. The molecular formula is C12H23IO2. The molecule has 0 aliphatic carbocycles. The van der Waals surface area contributed by atoms with Gasteiger partial charge in [0, 0.05) is 13.0 Å². The fourth-order valence-corrected chi connectivity index (χ4v) is 1.37. The predicted octanol–water partition coefficient (Wildman–Crippen LogP) is 3.96. The second-order valence-corrected chi connectivity index (χ2v) is 6.98. The van der Waals surface area contributed by atoms with E-state index in [1.807, 2.05) is 22.6 Å². The number of carbonyl (C=O) groups is 1. The summed E-state index contributed by atoms with van der Waals surface area (Å²) in [6.07, 6.45) is 2.45. The summed E-state index contributed by atoms with van der Waals surface area (Å²) in [5, 5.41) is 0. The Labute approximate surface area is 107 Å². The van der Waals surface area contributed by atoms with E-state index in [0.29, 0.717) is 11.8 Å². The third-order valence-electron chi connectivity index (χ3n) is 2.27. The smallest absolute Gasteiger partial charge is 0.192 e. The van der Waals surface area contributed by atoms with Gasteiger partial charge in [0.05, 0.1) is 5.60 Å². The Kier molecular flexibility index (Phi) is 6.33. The highest BCUT2D eigenvalue weighted by atomic mass is 127. The molecule has 0 saturated carbocycles. The Hall–Kier alpha value is 0.360.